The zero-order chi connectivity index (χ0) is 12.3. The largest absolute Gasteiger partial charge is 0.368 e. The second-order valence-corrected chi connectivity index (χ2v) is 5.61. The number of hydrogen-bond acceptors (Lipinski definition) is 5. The molecule has 0 aromatic carbocycles. The van der Waals surface area contributed by atoms with Gasteiger partial charge in [-0.15, -0.1) is 11.3 Å². The highest BCUT2D eigenvalue weighted by atomic mass is 32.1. The third kappa shape index (κ3) is 3.04. The molecule has 0 spiro atoms. The van der Waals surface area contributed by atoms with Crippen LogP contribution in [0.4, 0.5) is 0 Å². The van der Waals surface area contributed by atoms with Crippen LogP contribution in [0.15, 0.2) is 0 Å². The number of nitrogens with zero attached hydrogens (tertiary/aromatic N) is 2. The maximum Gasteiger partial charge on any atom is 0.123 e. The first-order valence-electron chi connectivity index (χ1n) is 6.23. The van der Waals surface area contributed by atoms with Crippen molar-refractivity contribution in [3.63, 3.8) is 0 Å². The van der Waals surface area contributed by atoms with Crippen molar-refractivity contribution in [2.45, 2.75) is 32.4 Å². The summed E-state index contributed by atoms with van der Waals surface area (Å²) in [6.07, 6.45) is 2.27. The summed E-state index contributed by atoms with van der Waals surface area (Å²) in [7, 11) is 2.12. The summed E-state index contributed by atoms with van der Waals surface area (Å²) < 4.78 is 5.79. The molecule has 1 aromatic rings. The maximum atomic E-state index is 5.79. The summed E-state index contributed by atoms with van der Waals surface area (Å²) in [5.74, 6) is 0. The first kappa shape index (κ1) is 13.0. The summed E-state index contributed by atoms with van der Waals surface area (Å²) in [4.78, 5) is 8.23. The van der Waals surface area contributed by atoms with E-state index in [0.717, 1.165) is 37.5 Å². The number of likely N-dealkylation sites (N-methyl/N-ethyl adjacent to an activating group) is 1. The molecule has 0 amide bonds. The third-order valence-electron chi connectivity index (χ3n) is 3.01. The van der Waals surface area contributed by atoms with Crippen LogP contribution in [-0.4, -0.2) is 36.6 Å². The molecule has 1 aromatic heterocycles. The van der Waals surface area contributed by atoms with E-state index < -0.39 is 0 Å². The highest BCUT2D eigenvalue weighted by Gasteiger charge is 2.23. The summed E-state index contributed by atoms with van der Waals surface area (Å²) in [5, 5.41) is 1.10. The number of nitrogens with two attached hydrogens (primary N) is 1. The van der Waals surface area contributed by atoms with Gasteiger partial charge in [0.1, 0.15) is 11.1 Å². The number of ether oxygens (including phenoxy) is 1. The lowest BCUT2D eigenvalue weighted by Crippen LogP contribution is -2.35. The number of aromatic nitrogens is 1. The van der Waals surface area contributed by atoms with Crippen molar-refractivity contribution in [2.24, 2.45) is 5.73 Å². The van der Waals surface area contributed by atoms with Crippen molar-refractivity contribution < 1.29 is 4.74 Å². The molecule has 17 heavy (non-hydrogen) atoms. The Hall–Kier alpha value is -0.490. The van der Waals surface area contributed by atoms with Crippen LogP contribution in [0.5, 0.6) is 0 Å². The average molecular weight is 255 g/mol. The number of hydrogen-bond donors (Lipinski definition) is 1. The van der Waals surface area contributed by atoms with E-state index in [1.165, 1.54) is 10.6 Å². The standard InChI is InChI=1S/C12H21N3OS/c1-3-4-9-11(7-13)17-12(14-9)10-8-15(2)5-6-16-10/h10H,3-8,13H2,1-2H3. The molecule has 1 atom stereocenters. The van der Waals surface area contributed by atoms with Gasteiger partial charge in [0.15, 0.2) is 0 Å². The minimum absolute atomic E-state index is 0.134. The molecule has 1 aliphatic rings. The van der Waals surface area contributed by atoms with Gasteiger partial charge in [-0.2, -0.15) is 0 Å². The van der Waals surface area contributed by atoms with E-state index in [1.807, 2.05) is 0 Å². The van der Waals surface area contributed by atoms with Crippen molar-refractivity contribution >= 4 is 11.3 Å². The second-order valence-electron chi connectivity index (χ2n) is 4.50. The second kappa shape index (κ2) is 5.91. The molecule has 1 aliphatic heterocycles. The normalized spacial score (nSPS) is 21.9. The van der Waals surface area contributed by atoms with Crippen molar-refractivity contribution in [2.75, 3.05) is 26.7 Å². The lowest BCUT2D eigenvalue weighted by atomic mass is 10.2. The molecule has 4 nitrogen and oxygen atoms in total. The zero-order valence-electron chi connectivity index (χ0n) is 10.6. The molecule has 0 saturated carbocycles. The SMILES string of the molecule is CCCc1nc(C2CN(C)CCO2)sc1CN. The van der Waals surface area contributed by atoms with E-state index in [9.17, 15) is 0 Å². The van der Waals surface area contributed by atoms with Gasteiger partial charge in [-0.1, -0.05) is 13.3 Å². The van der Waals surface area contributed by atoms with E-state index >= 15 is 0 Å². The van der Waals surface area contributed by atoms with Crippen LogP contribution < -0.4 is 5.73 Å². The van der Waals surface area contributed by atoms with E-state index in [0.29, 0.717) is 6.54 Å². The lowest BCUT2D eigenvalue weighted by molar-refractivity contribution is -0.0210. The Kier molecular flexibility index (Phi) is 4.50. The van der Waals surface area contributed by atoms with Gasteiger partial charge in [0.2, 0.25) is 0 Å². The monoisotopic (exact) mass is 255 g/mol. The third-order valence-corrected chi connectivity index (χ3v) is 4.22. The Morgan fingerprint density at radius 2 is 2.41 bits per heavy atom. The smallest absolute Gasteiger partial charge is 0.123 e. The van der Waals surface area contributed by atoms with Crippen LogP contribution in [-0.2, 0) is 17.7 Å². The zero-order valence-corrected chi connectivity index (χ0v) is 11.4. The van der Waals surface area contributed by atoms with Gasteiger partial charge in [0.05, 0.1) is 12.3 Å². The van der Waals surface area contributed by atoms with E-state index in [4.69, 9.17) is 15.5 Å². The molecule has 2 heterocycles. The topological polar surface area (TPSA) is 51.4 Å². The molecule has 2 rings (SSSR count). The number of thiazole rings is 1. The van der Waals surface area contributed by atoms with Crippen molar-refractivity contribution in [1.82, 2.24) is 9.88 Å². The molecule has 1 unspecified atom stereocenters. The molecule has 0 aliphatic carbocycles. The van der Waals surface area contributed by atoms with E-state index in [1.54, 1.807) is 11.3 Å². The minimum atomic E-state index is 0.134. The van der Waals surface area contributed by atoms with Gasteiger partial charge in [0, 0.05) is 24.5 Å². The van der Waals surface area contributed by atoms with Crippen LogP contribution in [0.3, 0.4) is 0 Å². The summed E-state index contributed by atoms with van der Waals surface area (Å²) in [6, 6.07) is 0. The van der Waals surface area contributed by atoms with Crippen LogP contribution >= 0.6 is 11.3 Å². The Labute approximate surface area is 107 Å². The van der Waals surface area contributed by atoms with E-state index in [2.05, 4.69) is 18.9 Å². The number of rotatable bonds is 4. The number of morpholine rings is 1. The van der Waals surface area contributed by atoms with Crippen molar-refractivity contribution in [3.05, 3.63) is 15.6 Å². The van der Waals surface area contributed by atoms with Crippen LogP contribution in [0, 0.1) is 0 Å². The fraction of sp³-hybridized carbons (Fsp3) is 0.750. The van der Waals surface area contributed by atoms with Crippen LogP contribution in [0.2, 0.25) is 0 Å². The van der Waals surface area contributed by atoms with Crippen molar-refractivity contribution in [1.29, 1.82) is 0 Å². The first-order chi connectivity index (χ1) is 8.24. The average Bonchev–Trinajstić information content (AvgIpc) is 2.73. The Morgan fingerprint density at radius 1 is 1.59 bits per heavy atom. The Balaban J connectivity index is 2.14. The van der Waals surface area contributed by atoms with Gasteiger partial charge in [-0.25, -0.2) is 4.98 Å². The molecular weight excluding hydrogens is 234 g/mol. The summed E-state index contributed by atoms with van der Waals surface area (Å²) in [6.45, 7) is 5.50. The first-order valence-corrected chi connectivity index (χ1v) is 7.05. The highest BCUT2D eigenvalue weighted by Crippen LogP contribution is 2.28. The predicted octanol–water partition coefficient (Wildman–Crippen LogP) is 1.56. The highest BCUT2D eigenvalue weighted by molar-refractivity contribution is 7.11. The van der Waals surface area contributed by atoms with Crippen LogP contribution in [0.1, 0.15) is 35.0 Å². The fourth-order valence-electron chi connectivity index (χ4n) is 2.06. The van der Waals surface area contributed by atoms with Gasteiger partial charge in [-0.3, -0.25) is 0 Å². The van der Waals surface area contributed by atoms with Gasteiger partial charge < -0.3 is 15.4 Å². The molecule has 1 saturated heterocycles. The maximum absolute atomic E-state index is 5.79. The molecule has 96 valence electrons. The molecule has 1 fully saturated rings. The molecule has 5 heteroatoms. The molecule has 0 radical (unpaired) electrons. The Morgan fingerprint density at radius 3 is 3.06 bits per heavy atom. The molecule has 0 bridgehead atoms. The van der Waals surface area contributed by atoms with Crippen molar-refractivity contribution in [3.8, 4) is 0 Å². The quantitative estimate of drug-likeness (QED) is 0.887. The minimum Gasteiger partial charge on any atom is -0.368 e. The lowest BCUT2D eigenvalue weighted by Gasteiger charge is -2.28. The van der Waals surface area contributed by atoms with Gasteiger partial charge in [-0.05, 0) is 13.5 Å². The fourth-order valence-corrected chi connectivity index (χ4v) is 3.09. The molecule has 2 N–H and O–H groups in total. The van der Waals surface area contributed by atoms with Gasteiger partial charge in [0.25, 0.3) is 0 Å². The predicted molar refractivity (Wildman–Crippen MR) is 70.2 cm³/mol. The van der Waals surface area contributed by atoms with Gasteiger partial charge >= 0.3 is 0 Å². The summed E-state index contributed by atoms with van der Waals surface area (Å²) >= 11 is 1.72. The number of aryl methyl sites for hydroxylation is 1. The summed E-state index contributed by atoms with van der Waals surface area (Å²) in [5.41, 5.74) is 6.94. The van der Waals surface area contributed by atoms with Crippen LogP contribution in [0.25, 0.3) is 0 Å². The molecular formula is C12H21N3OS. The Bertz CT molecular complexity index is 367. The van der Waals surface area contributed by atoms with E-state index in [-0.39, 0.29) is 6.10 Å².